The highest BCUT2D eigenvalue weighted by Gasteiger charge is 2.53. The summed E-state index contributed by atoms with van der Waals surface area (Å²) in [6, 6.07) is 7.98. The molecule has 1 saturated carbocycles. The molecule has 2 unspecified atom stereocenters. The maximum atomic E-state index is 13.6. The highest BCUT2D eigenvalue weighted by atomic mass is 35.5. The van der Waals surface area contributed by atoms with E-state index in [0.29, 0.717) is 52.9 Å². The first kappa shape index (κ1) is 26.3. The molecular weight excluding hydrogens is 507 g/mol. The SMILES string of the molecule is CN(C)C/C=C/C(=O)Nc1cc2c(Nc3ccc(F)c(Cl)c3)ncnc2cc1OCCC1C2CN(C)CC12. The molecule has 38 heavy (non-hydrogen) atoms. The van der Waals surface area contributed by atoms with Crippen LogP contribution in [0.4, 0.5) is 21.6 Å². The minimum atomic E-state index is -0.499. The number of aromatic nitrogens is 2. The van der Waals surface area contributed by atoms with Gasteiger partial charge in [-0.25, -0.2) is 14.4 Å². The Labute approximate surface area is 226 Å². The Morgan fingerprint density at radius 3 is 2.76 bits per heavy atom. The molecule has 0 spiro atoms. The van der Waals surface area contributed by atoms with Crippen molar-refractivity contribution < 1.29 is 13.9 Å². The van der Waals surface area contributed by atoms with Crippen LogP contribution >= 0.6 is 11.6 Å². The van der Waals surface area contributed by atoms with E-state index in [1.54, 1.807) is 18.2 Å². The van der Waals surface area contributed by atoms with Crippen molar-refractivity contribution in [2.75, 3.05) is 58.0 Å². The number of fused-ring (bicyclic) bond motifs is 2. The number of hydrogen-bond acceptors (Lipinski definition) is 7. The van der Waals surface area contributed by atoms with Crippen LogP contribution in [0.2, 0.25) is 5.02 Å². The van der Waals surface area contributed by atoms with Crippen molar-refractivity contribution in [3.63, 3.8) is 0 Å². The van der Waals surface area contributed by atoms with Gasteiger partial charge in [-0.2, -0.15) is 0 Å². The second-order valence-electron chi connectivity index (χ2n) is 10.3. The van der Waals surface area contributed by atoms with Gasteiger partial charge in [-0.1, -0.05) is 17.7 Å². The molecule has 1 aliphatic heterocycles. The molecule has 3 aromatic rings. The number of nitrogens with one attached hydrogen (secondary N) is 2. The summed E-state index contributed by atoms with van der Waals surface area (Å²) in [5, 5.41) is 6.81. The first-order valence-electron chi connectivity index (χ1n) is 12.7. The summed E-state index contributed by atoms with van der Waals surface area (Å²) >= 11 is 5.95. The van der Waals surface area contributed by atoms with Crippen molar-refractivity contribution in [3.05, 3.63) is 59.7 Å². The minimum absolute atomic E-state index is 0.00737. The van der Waals surface area contributed by atoms with Crippen LogP contribution in [0.25, 0.3) is 10.9 Å². The van der Waals surface area contributed by atoms with Gasteiger partial charge >= 0.3 is 0 Å². The lowest BCUT2D eigenvalue weighted by Gasteiger charge is -2.16. The van der Waals surface area contributed by atoms with E-state index < -0.39 is 5.82 Å². The topological polar surface area (TPSA) is 82.6 Å². The van der Waals surface area contributed by atoms with Crippen molar-refractivity contribution in [3.8, 4) is 5.75 Å². The second kappa shape index (κ2) is 11.2. The lowest BCUT2D eigenvalue weighted by atomic mass is 10.1. The van der Waals surface area contributed by atoms with Gasteiger partial charge in [-0.15, -0.1) is 0 Å². The van der Waals surface area contributed by atoms with E-state index in [2.05, 4.69) is 32.5 Å². The molecule has 5 rings (SSSR count). The summed E-state index contributed by atoms with van der Waals surface area (Å²) in [5.74, 6) is 2.57. The van der Waals surface area contributed by atoms with E-state index in [0.717, 1.165) is 31.3 Å². The molecule has 0 bridgehead atoms. The fourth-order valence-electron chi connectivity index (χ4n) is 5.25. The Morgan fingerprint density at radius 2 is 2.03 bits per heavy atom. The fourth-order valence-corrected chi connectivity index (χ4v) is 5.43. The number of rotatable bonds is 10. The summed E-state index contributed by atoms with van der Waals surface area (Å²) in [4.78, 5) is 25.9. The van der Waals surface area contributed by atoms with Crippen LogP contribution in [0.1, 0.15) is 6.42 Å². The number of benzene rings is 2. The van der Waals surface area contributed by atoms with E-state index in [1.165, 1.54) is 24.5 Å². The molecule has 8 nitrogen and oxygen atoms in total. The van der Waals surface area contributed by atoms with Crippen LogP contribution in [-0.4, -0.2) is 73.1 Å². The number of anilines is 3. The average molecular weight is 539 g/mol. The Morgan fingerprint density at radius 1 is 1.24 bits per heavy atom. The number of hydrogen-bond donors (Lipinski definition) is 2. The molecule has 2 aliphatic rings. The van der Waals surface area contributed by atoms with Crippen molar-refractivity contribution >= 4 is 45.6 Å². The third-order valence-corrected chi connectivity index (χ3v) is 7.47. The molecule has 0 radical (unpaired) electrons. The number of piperidine rings is 1. The number of likely N-dealkylation sites (tertiary alicyclic amines) is 1. The van der Waals surface area contributed by atoms with Crippen LogP contribution < -0.4 is 15.4 Å². The zero-order chi connectivity index (χ0) is 26.8. The second-order valence-corrected chi connectivity index (χ2v) is 10.8. The fraction of sp³-hybridized carbons (Fsp3) is 0.393. The number of ether oxygens (including phenoxy) is 1. The van der Waals surface area contributed by atoms with Crippen LogP contribution in [0.5, 0.6) is 5.75 Å². The zero-order valence-electron chi connectivity index (χ0n) is 21.7. The molecule has 1 saturated heterocycles. The molecule has 2 heterocycles. The molecule has 1 amide bonds. The highest BCUT2D eigenvalue weighted by Crippen LogP contribution is 2.53. The monoisotopic (exact) mass is 538 g/mol. The highest BCUT2D eigenvalue weighted by molar-refractivity contribution is 6.31. The third-order valence-electron chi connectivity index (χ3n) is 7.18. The van der Waals surface area contributed by atoms with Crippen molar-refractivity contribution in [1.82, 2.24) is 19.8 Å². The number of amides is 1. The van der Waals surface area contributed by atoms with Gasteiger partial charge in [-0.05, 0) is 69.6 Å². The van der Waals surface area contributed by atoms with Gasteiger partial charge in [-0.3, -0.25) is 4.79 Å². The standard InChI is InChI=1S/C28H32ClFN6O2/c1-35(2)9-4-5-27(37)34-25-12-19-24(13-26(25)38-10-8-18-20-14-36(3)15-21(18)20)31-16-32-28(19)33-17-6-7-23(30)22(29)11-17/h4-7,11-13,16,18,20-21H,8-10,14-15H2,1-3H3,(H,34,37)(H,31,32,33)/b5-4+. The zero-order valence-corrected chi connectivity index (χ0v) is 22.5. The summed E-state index contributed by atoms with van der Waals surface area (Å²) in [5.41, 5.74) is 1.76. The minimum Gasteiger partial charge on any atom is -0.491 e. The summed E-state index contributed by atoms with van der Waals surface area (Å²) in [6.45, 7) is 3.54. The summed E-state index contributed by atoms with van der Waals surface area (Å²) in [6.07, 6.45) is 5.74. The van der Waals surface area contributed by atoms with E-state index >= 15 is 0 Å². The quantitative estimate of drug-likeness (QED) is 0.359. The maximum absolute atomic E-state index is 13.6. The first-order chi connectivity index (χ1) is 18.3. The predicted octanol–water partition coefficient (Wildman–Crippen LogP) is 4.80. The molecule has 1 aromatic heterocycles. The number of carbonyl (C=O) groups excluding carboxylic acids is 1. The third kappa shape index (κ3) is 6.06. The van der Waals surface area contributed by atoms with Gasteiger partial charge in [0.2, 0.25) is 5.91 Å². The van der Waals surface area contributed by atoms with E-state index in [9.17, 15) is 9.18 Å². The smallest absolute Gasteiger partial charge is 0.248 e. The molecule has 2 fully saturated rings. The summed E-state index contributed by atoms with van der Waals surface area (Å²) < 4.78 is 19.8. The number of halogens is 2. The van der Waals surface area contributed by atoms with E-state index in [1.807, 2.05) is 25.1 Å². The maximum Gasteiger partial charge on any atom is 0.248 e. The molecule has 2 N–H and O–H groups in total. The van der Waals surface area contributed by atoms with Crippen LogP contribution in [0.15, 0.2) is 48.8 Å². The summed E-state index contributed by atoms with van der Waals surface area (Å²) in [7, 11) is 6.05. The first-order valence-corrected chi connectivity index (χ1v) is 13.1. The molecule has 2 atom stereocenters. The lowest BCUT2D eigenvalue weighted by Crippen LogP contribution is -2.19. The van der Waals surface area contributed by atoms with Crippen LogP contribution in [-0.2, 0) is 4.79 Å². The predicted molar refractivity (Wildman–Crippen MR) is 149 cm³/mol. The molecule has 10 heteroatoms. The lowest BCUT2D eigenvalue weighted by molar-refractivity contribution is -0.111. The molecule has 2 aromatic carbocycles. The van der Waals surface area contributed by atoms with Gasteiger partial charge in [0.25, 0.3) is 0 Å². The normalized spacial score (nSPS) is 20.7. The Bertz CT molecular complexity index is 1350. The van der Waals surface area contributed by atoms with E-state index in [4.69, 9.17) is 16.3 Å². The van der Waals surface area contributed by atoms with Crippen molar-refractivity contribution in [2.45, 2.75) is 6.42 Å². The number of likely N-dealkylation sites (N-methyl/N-ethyl adjacent to an activating group) is 1. The van der Waals surface area contributed by atoms with Crippen LogP contribution in [0.3, 0.4) is 0 Å². The number of nitrogens with zero attached hydrogens (tertiary/aromatic N) is 4. The van der Waals surface area contributed by atoms with E-state index in [-0.39, 0.29) is 10.9 Å². The van der Waals surface area contributed by atoms with Crippen LogP contribution in [0, 0.1) is 23.6 Å². The largest absolute Gasteiger partial charge is 0.491 e. The van der Waals surface area contributed by atoms with Crippen molar-refractivity contribution in [2.24, 2.45) is 17.8 Å². The Kier molecular flexibility index (Phi) is 7.78. The number of carbonyl (C=O) groups is 1. The van der Waals surface area contributed by atoms with Crippen molar-refractivity contribution in [1.29, 1.82) is 0 Å². The van der Waals surface area contributed by atoms with Gasteiger partial charge in [0.15, 0.2) is 0 Å². The van der Waals surface area contributed by atoms with Gasteiger partial charge in [0.1, 0.15) is 23.7 Å². The Balaban J connectivity index is 1.38. The molecule has 1 aliphatic carbocycles. The van der Waals surface area contributed by atoms with Gasteiger partial charge in [0.05, 0.1) is 22.8 Å². The molecular formula is C28H32ClFN6O2. The van der Waals surface area contributed by atoms with Gasteiger partial charge in [0, 0.05) is 42.9 Å². The average Bonchev–Trinajstić information content (AvgIpc) is 3.32. The molecule has 200 valence electrons. The van der Waals surface area contributed by atoms with Gasteiger partial charge < -0.3 is 25.2 Å². The Hall–Kier alpha value is -3.27.